The number of benzene rings is 1. The van der Waals surface area contributed by atoms with Crippen molar-refractivity contribution >= 4 is 63.2 Å². The van der Waals surface area contributed by atoms with Crippen molar-refractivity contribution in [1.29, 1.82) is 0 Å². The third kappa shape index (κ3) is 4.46. The minimum atomic E-state index is -0.251. The molecular weight excluding hydrogens is 424 g/mol. The predicted octanol–water partition coefficient (Wildman–Crippen LogP) is 4.68. The van der Waals surface area contributed by atoms with E-state index in [1.54, 1.807) is 24.3 Å². The molecule has 0 radical (unpaired) electrons. The number of nitrogens with one attached hydrogen (secondary N) is 2. The van der Waals surface area contributed by atoms with Crippen molar-refractivity contribution in [3.05, 3.63) is 49.6 Å². The number of hydrogen-bond donors (Lipinski definition) is 2. The van der Waals surface area contributed by atoms with Gasteiger partial charge in [-0.25, -0.2) is 4.98 Å². The van der Waals surface area contributed by atoms with Gasteiger partial charge in [-0.2, -0.15) is 0 Å². The van der Waals surface area contributed by atoms with Crippen molar-refractivity contribution in [3.63, 3.8) is 0 Å². The predicted molar refractivity (Wildman–Crippen MR) is 95.5 cm³/mol. The minimum absolute atomic E-state index is 0.251. The van der Waals surface area contributed by atoms with E-state index in [4.69, 9.17) is 23.2 Å². The van der Waals surface area contributed by atoms with Crippen molar-refractivity contribution in [2.75, 3.05) is 17.2 Å². The van der Waals surface area contributed by atoms with E-state index in [9.17, 15) is 4.79 Å². The molecule has 110 valence electrons. The lowest BCUT2D eigenvalue weighted by Gasteiger charge is -2.09. The first-order valence-electron chi connectivity index (χ1n) is 6.17. The van der Waals surface area contributed by atoms with E-state index >= 15 is 0 Å². The van der Waals surface area contributed by atoms with Crippen LogP contribution in [-0.2, 0) is 0 Å². The van der Waals surface area contributed by atoms with E-state index in [-0.39, 0.29) is 11.1 Å². The number of rotatable bonds is 4. The maximum atomic E-state index is 12.3. The number of carbonyl (C=O) groups is 1. The fourth-order valence-electron chi connectivity index (χ4n) is 1.69. The maximum absolute atomic E-state index is 12.3. The highest BCUT2D eigenvalue weighted by atomic mass is 127. The van der Waals surface area contributed by atoms with Crippen molar-refractivity contribution in [2.45, 2.75) is 6.92 Å². The molecule has 0 aliphatic carbocycles. The zero-order chi connectivity index (χ0) is 15.4. The fraction of sp³-hybridized carbons (Fsp3) is 0.143. The van der Waals surface area contributed by atoms with Gasteiger partial charge in [0.1, 0.15) is 11.0 Å². The van der Waals surface area contributed by atoms with Gasteiger partial charge in [0.05, 0.1) is 5.69 Å². The molecule has 0 unspecified atom stereocenters. The highest BCUT2D eigenvalue weighted by molar-refractivity contribution is 14.1. The first kappa shape index (κ1) is 16.3. The molecule has 4 nitrogen and oxygen atoms in total. The van der Waals surface area contributed by atoms with Gasteiger partial charge in [0, 0.05) is 20.7 Å². The number of halogens is 3. The summed E-state index contributed by atoms with van der Waals surface area (Å²) in [6.45, 7) is 2.64. The van der Waals surface area contributed by atoms with E-state index < -0.39 is 0 Å². The van der Waals surface area contributed by atoms with Gasteiger partial charge < -0.3 is 10.6 Å². The number of amides is 1. The SMILES string of the molecule is CCNc1cc(C(=O)Nc2ccc(Cl)cc2I)cc(Cl)n1. The van der Waals surface area contributed by atoms with Crippen LogP contribution in [0, 0.1) is 3.57 Å². The number of nitrogens with zero attached hydrogens (tertiary/aromatic N) is 1. The fourth-order valence-corrected chi connectivity index (χ4v) is 2.90. The molecule has 2 N–H and O–H groups in total. The number of anilines is 2. The molecule has 0 fully saturated rings. The van der Waals surface area contributed by atoms with Gasteiger partial charge in [0.15, 0.2) is 0 Å². The zero-order valence-corrected chi connectivity index (χ0v) is 14.8. The molecule has 0 atom stereocenters. The minimum Gasteiger partial charge on any atom is -0.370 e. The molecule has 0 spiro atoms. The second-order valence-electron chi connectivity index (χ2n) is 4.17. The molecule has 1 amide bonds. The lowest BCUT2D eigenvalue weighted by Crippen LogP contribution is -2.14. The Labute approximate surface area is 146 Å². The zero-order valence-electron chi connectivity index (χ0n) is 11.1. The lowest BCUT2D eigenvalue weighted by atomic mass is 10.2. The Balaban J connectivity index is 2.23. The van der Waals surface area contributed by atoms with Crippen LogP contribution in [0.3, 0.4) is 0 Å². The highest BCUT2D eigenvalue weighted by Gasteiger charge is 2.11. The number of pyridine rings is 1. The second-order valence-corrected chi connectivity index (χ2v) is 6.16. The number of carbonyl (C=O) groups excluding carboxylic acids is 1. The Morgan fingerprint density at radius 2 is 2.05 bits per heavy atom. The van der Waals surface area contributed by atoms with E-state index in [1.165, 1.54) is 6.07 Å². The Bertz CT molecular complexity index is 679. The normalized spacial score (nSPS) is 10.3. The molecule has 1 aromatic carbocycles. The van der Waals surface area contributed by atoms with Gasteiger partial charge in [-0.15, -0.1) is 0 Å². The molecule has 1 heterocycles. The average Bonchev–Trinajstić information content (AvgIpc) is 2.41. The smallest absolute Gasteiger partial charge is 0.255 e. The standard InChI is InChI=1S/C14H12Cl2IN3O/c1-2-18-13-6-8(5-12(16)20-13)14(21)19-11-4-3-9(15)7-10(11)17/h3-7H,2H2,1H3,(H,18,20)(H,19,21). The molecule has 7 heteroatoms. The van der Waals surface area contributed by atoms with Crippen molar-refractivity contribution in [2.24, 2.45) is 0 Å². The Morgan fingerprint density at radius 3 is 2.71 bits per heavy atom. The average molecular weight is 436 g/mol. The topological polar surface area (TPSA) is 54.0 Å². The Kier molecular flexibility index (Phi) is 5.66. The van der Waals surface area contributed by atoms with Gasteiger partial charge in [-0.05, 0) is 59.8 Å². The molecule has 21 heavy (non-hydrogen) atoms. The van der Waals surface area contributed by atoms with E-state index in [2.05, 4.69) is 38.2 Å². The van der Waals surface area contributed by atoms with E-state index in [0.29, 0.717) is 28.6 Å². The van der Waals surface area contributed by atoms with Gasteiger partial charge in [0.2, 0.25) is 0 Å². The summed E-state index contributed by atoms with van der Waals surface area (Å²) >= 11 is 13.9. The molecule has 0 bridgehead atoms. The maximum Gasteiger partial charge on any atom is 0.255 e. The lowest BCUT2D eigenvalue weighted by molar-refractivity contribution is 0.102. The highest BCUT2D eigenvalue weighted by Crippen LogP contribution is 2.23. The molecule has 2 rings (SSSR count). The summed E-state index contributed by atoms with van der Waals surface area (Å²) in [5.74, 6) is 0.319. The summed E-state index contributed by atoms with van der Waals surface area (Å²) < 4.78 is 0.862. The van der Waals surface area contributed by atoms with Crippen LogP contribution < -0.4 is 10.6 Å². The molecular formula is C14H12Cl2IN3O. The summed E-state index contributed by atoms with van der Waals surface area (Å²) in [4.78, 5) is 16.4. The Hall–Kier alpha value is -1.05. The number of hydrogen-bond acceptors (Lipinski definition) is 3. The van der Waals surface area contributed by atoms with Crippen LogP contribution in [0.15, 0.2) is 30.3 Å². The van der Waals surface area contributed by atoms with Gasteiger partial charge in [-0.1, -0.05) is 23.2 Å². The molecule has 2 aromatic rings. The van der Waals surface area contributed by atoms with Crippen LogP contribution in [0.5, 0.6) is 0 Å². The van der Waals surface area contributed by atoms with Crippen molar-refractivity contribution in [1.82, 2.24) is 4.98 Å². The van der Waals surface area contributed by atoms with E-state index in [1.807, 2.05) is 6.92 Å². The van der Waals surface area contributed by atoms with E-state index in [0.717, 1.165) is 3.57 Å². The third-order valence-corrected chi connectivity index (χ3v) is 3.91. The van der Waals surface area contributed by atoms with Crippen molar-refractivity contribution in [3.8, 4) is 0 Å². The molecule has 1 aromatic heterocycles. The van der Waals surface area contributed by atoms with Gasteiger partial charge in [-0.3, -0.25) is 4.79 Å². The van der Waals surface area contributed by atoms with Crippen LogP contribution in [-0.4, -0.2) is 17.4 Å². The molecule has 0 saturated carbocycles. The molecule has 0 aliphatic rings. The van der Waals surface area contributed by atoms with Gasteiger partial charge >= 0.3 is 0 Å². The number of aromatic nitrogens is 1. The summed E-state index contributed by atoms with van der Waals surface area (Å²) in [5.41, 5.74) is 1.14. The largest absolute Gasteiger partial charge is 0.370 e. The summed E-state index contributed by atoms with van der Waals surface area (Å²) in [7, 11) is 0. The monoisotopic (exact) mass is 435 g/mol. The van der Waals surface area contributed by atoms with Crippen LogP contribution in [0.1, 0.15) is 17.3 Å². The van der Waals surface area contributed by atoms with Crippen LogP contribution in [0.25, 0.3) is 0 Å². The first-order chi connectivity index (χ1) is 9.99. The third-order valence-electron chi connectivity index (χ3n) is 2.59. The van der Waals surface area contributed by atoms with Crippen LogP contribution >= 0.6 is 45.8 Å². The molecule has 0 aliphatic heterocycles. The Morgan fingerprint density at radius 1 is 1.29 bits per heavy atom. The summed E-state index contributed by atoms with van der Waals surface area (Å²) in [6, 6.07) is 8.45. The van der Waals surface area contributed by atoms with Gasteiger partial charge in [0.25, 0.3) is 5.91 Å². The van der Waals surface area contributed by atoms with Crippen LogP contribution in [0.2, 0.25) is 10.2 Å². The summed E-state index contributed by atoms with van der Waals surface area (Å²) in [6.07, 6.45) is 0. The summed E-state index contributed by atoms with van der Waals surface area (Å²) in [5, 5.41) is 6.75. The molecule has 0 saturated heterocycles. The van der Waals surface area contributed by atoms with Crippen molar-refractivity contribution < 1.29 is 4.79 Å². The quantitative estimate of drug-likeness (QED) is 0.541. The van der Waals surface area contributed by atoms with Crippen LogP contribution in [0.4, 0.5) is 11.5 Å². The first-order valence-corrected chi connectivity index (χ1v) is 8.01. The second kappa shape index (κ2) is 7.29.